The van der Waals surface area contributed by atoms with E-state index in [1.54, 1.807) is 0 Å². The zero-order chi connectivity index (χ0) is 32.1. The van der Waals surface area contributed by atoms with Gasteiger partial charge in [-0.05, 0) is 72.3 Å². The molecule has 0 aliphatic rings. The number of anilines is 2. The van der Waals surface area contributed by atoms with Crippen molar-refractivity contribution in [1.82, 2.24) is 19.3 Å². The molecule has 0 radical (unpaired) electrons. The zero-order valence-electron chi connectivity index (χ0n) is 27.6. The van der Waals surface area contributed by atoms with Crippen molar-refractivity contribution >= 4 is 33.4 Å². The van der Waals surface area contributed by atoms with E-state index >= 15 is 0 Å². The molecular weight excluding hydrogens is 675 g/mol. The fraction of sp³-hybridized carbons (Fsp3) is 0.179. The first-order valence-electron chi connectivity index (χ1n) is 15.3. The van der Waals surface area contributed by atoms with Gasteiger partial charge in [-0.2, -0.15) is 12.1 Å². The van der Waals surface area contributed by atoms with Gasteiger partial charge in [-0.3, -0.25) is 0 Å². The molecule has 3 heterocycles. The van der Waals surface area contributed by atoms with Crippen molar-refractivity contribution in [2.75, 3.05) is 38.0 Å². The number of rotatable bonds is 7. The molecule has 7 nitrogen and oxygen atoms in total. The van der Waals surface area contributed by atoms with Gasteiger partial charge in [0, 0.05) is 51.4 Å². The topological polar surface area (TPSA) is 51.4 Å². The summed E-state index contributed by atoms with van der Waals surface area (Å²) in [6.45, 7) is 6.38. The van der Waals surface area contributed by atoms with E-state index in [-0.39, 0.29) is 20.4 Å². The van der Waals surface area contributed by atoms with Crippen molar-refractivity contribution in [1.29, 1.82) is 0 Å². The fourth-order valence-electron chi connectivity index (χ4n) is 6.28. The number of benzene rings is 4. The molecule has 0 saturated carbocycles. The summed E-state index contributed by atoms with van der Waals surface area (Å²) in [6.07, 6.45) is 1.84. The molecule has 3 aromatic heterocycles. The standard InChI is InChI=1S/C39H36N6O.Pd/c1-25-20-21-40-35(22-25)44-33-17-9-8-16-31(33)32-19-18-30(24-34(32)44)46-29-15-11-14-28(23-29)45-39(43(6)7)37(38(41-45)42(4)5)36-26(2)12-10-13-27(36)3;/h8-22H,1-7H3;/q-2;+2. The van der Waals surface area contributed by atoms with E-state index in [0.717, 1.165) is 56.1 Å². The van der Waals surface area contributed by atoms with Gasteiger partial charge in [0.2, 0.25) is 0 Å². The van der Waals surface area contributed by atoms with E-state index in [9.17, 15) is 0 Å². The summed E-state index contributed by atoms with van der Waals surface area (Å²) < 4.78 is 10.6. The Labute approximate surface area is 289 Å². The summed E-state index contributed by atoms with van der Waals surface area (Å²) in [6, 6.07) is 35.9. The molecule has 0 aliphatic carbocycles. The molecule has 8 heteroatoms. The Balaban J connectivity index is 0.00000386. The van der Waals surface area contributed by atoms with Crippen LogP contribution in [0.5, 0.6) is 11.5 Å². The zero-order valence-corrected chi connectivity index (χ0v) is 29.1. The Hall–Kier alpha value is -4.90. The summed E-state index contributed by atoms with van der Waals surface area (Å²) >= 11 is 0. The molecule has 47 heavy (non-hydrogen) atoms. The van der Waals surface area contributed by atoms with Gasteiger partial charge < -0.3 is 19.1 Å². The summed E-state index contributed by atoms with van der Waals surface area (Å²) in [5, 5.41) is 7.35. The Morgan fingerprint density at radius 2 is 1.43 bits per heavy atom. The average molecular weight is 711 g/mol. The number of pyridine rings is 1. The molecule has 238 valence electrons. The van der Waals surface area contributed by atoms with Crippen LogP contribution in [0.1, 0.15) is 16.7 Å². The van der Waals surface area contributed by atoms with Crippen LogP contribution in [0.2, 0.25) is 0 Å². The molecule has 0 amide bonds. The first kappa shape index (κ1) is 32.1. The smallest absolute Gasteiger partial charge is 0.509 e. The third-order valence-electron chi connectivity index (χ3n) is 8.31. The largest absolute Gasteiger partial charge is 2.00 e. The van der Waals surface area contributed by atoms with Gasteiger partial charge >= 0.3 is 20.4 Å². The molecule has 0 unspecified atom stereocenters. The Morgan fingerprint density at radius 1 is 0.702 bits per heavy atom. The van der Waals surface area contributed by atoms with Gasteiger partial charge in [0.05, 0.1) is 5.56 Å². The van der Waals surface area contributed by atoms with E-state index in [2.05, 4.69) is 116 Å². The third kappa shape index (κ3) is 5.69. The normalized spacial score (nSPS) is 11.1. The Bertz CT molecular complexity index is 2230. The third-order valence-corrected chi connectivity index (χ3v) is 8.31. The second-order valence-corrected chi connectivity index (χ2v) is 12.1. The fourth-order valence-corrected chi connectivity index (χ4v) is 6.28. The van der Waals surface area contributed by atoms with Crippen molar-refractivity contribution in [3.05, 3.63) is 120 Å². The second-order valence-electron chi connectivity index (χ2n) is 12.1. The molecule has 4 aromatic carbocycles. The maximum absolute atomic E-state index is 6.46. The number of fused-ring (bicyclic) bond motifs is 3. The van der Waals surface area contributed by atoms with Gasteiger partial charge in [-0.25, -0.2) is 9.67 Å². The molecule has 0 spiro atoms. The van der Waals surface area contributed by atoms with Crippen LogP contribution < -0.4 is 14.5 Å². The van der Waals surface area contributed by atoms with Crippen molar-refractivity contribution in [2.24, 2.45) is 0 Å². The van der Waals surface area contributed by atoms with Crippen molar-refractivity contribution in [3.63, 3.8) is 0 Å². The quantitative estimate of drug-likeness (QED) is 0.123. The molecule has 0 fully saturated rings. The molecule has 0 aliphatic heterocycles. The minimum Gasteiger partial charge on any atom is -0.509 e. The van der Waals surface area contributed by atoms with Crippen LogP contribution in [-0.4, -0.2) is 47.5 Å². The van der Waals surface area contributed by atoms with Gasteiger partial charge in [0.25, 0.3) is 0 Å². The predicted molar refractivity (Wildman–Crippen MR) is 188 cm³/mol. The molecule has 0 bridgehead atoms. The summed E-state index contributed by atoms with van der Waals surface area (Å²) in [4.78, 5) is 8.88. The summed E-state index contributed by atoms with van der Waals surface area (Å²) in [5.74, 6) is 3.87. The van der Waals surface area contributed by atoms with E-state index in [1.165, 1.54) is 16.7 Å². The minimum absolute atomic E-state index is 0. The maximum Gasteiger partial charge on any atom is 2.00 e. The summed E-state index contributed by atoms with van der Waals surface area (Å²) in [5.41, 5.74) is 8.58. The number of ether oxygens (including phenoxy) is 1. The molecule has 0 saturated heterocycles. The molecule has 0 atom stereocenters. The van der Waals surface area contributed by atoms with Crippen LogP contribution in [0.3, 0.4) is 0 Å². The van der Waals surface area contributed by atoms with Crippen LogP contribution >= 0.6 is 0 Å². The monoisotopic (exact) mass is 710 g/mol. The maximum atomic E-state index is 6.46. The van der Waals surface area contributed by atoms with Crippen molar-refractivity contribution < 1.29 is 25.2 Å². The number of para-hydroxylation sites is 1. The predicted octanol–water partition coefficient (Wildman–Crippen LogP) is 8.48. The summed E-state index contributed by atoms with van der Waals surface area (Å²) in [7, 11) is 8.17. The number of hydrogen-bond acceptors (Lipinski definition) is 5. The van der Waals surface area contributed by atoms with Gasteiger partial charge in [0.1, 0.15) is 11.6 Å². The van der Waals surface area contributed by atoms with E-state index < -0.39 is 0 Å². The number of nitrogens with zero attached hydrogens (tertiary/aromatic N) is 6. The Morgan fingerprint density at radius 3 is 2.15 bits per heavy atom. The van der Waals surface area contributed by atoms with Gasteiger partial charge in [-0.1, -0.05) is 41.9 Å². The van der Waals surface area contributed by atoms with E-state index in [4.69, 9.17) is 14.8 Å². The number of aromatic nitrogens is 4. The molecular formula is C39H36N6OPd. The average Bonchev–Trinajstić information content (AvgIpc) is 3.58. The van der Waals surface area contributed by atoms with Crippen LogP contribution in [0.25, 0.3) is 44.4 Å². The minimum atomic E-state index is 0. The molecule has 7 rings (SSSR count). The van der Waals surface area contributed by atoms with E-state index in [1.807, 2.05) is 55.3 Å². The van der Waals surface area contributed by atoms with Crippen LogP contribution in [0.4, 0.5) is 11.6 Å². The SMILES string of the molecule is Cc1ccnc(-n2c3[c-]c(Oc4[c-]c(-n5nc(N(C)C)c(-c6c(C)cccc6C)c5N(C)C)ccc4)ccc3c3ccccc32)c1.[Pd+2]. The van der Waals surface area contributed by atoms with Crippen molar-refractivity contribution in [3.8, 4) is 34.1 Å². The first-order valence-corrected chi connectivity index (χ1v) is 15.3. The number of hydrogen-bond donors (Lipinski definition) is 0. The Kier molecular flexibility index (Phi) is 8.67. The molecule has 7 aromatic rings. The van der Waals surface area contributed by atoms with Crippen LogP contribution in [-0.2, 0) is 20.4 Å². The van der Waals surface area contributed by atoms with Gasteiger partial charge in [-0.15, -0.1) is 40.8 Å². The van der Waals surface area contributed by atoms with Gasteiger partial charge in [0.15, 0.2) is 5.82 Å². The van der Waals surface area contributed by atoms with Crippen molar-refractivity contribution in [2.45, 2.75) is 20.8 Å². The molecule has 0 N–H and O–H groups in total. The second kappa shape index (κ2) is 12.7. The van der Waals surface area contributed by atoms with E-state index in [0.29, 0.717) is 11.5 Å². The van der Waals surface area contributed by atoms with Crippen LogP contribution in [0, 0.1) is 32.9 Å². The first-order chi connectivity index (χ1) is 22.2. The van der Waals surface area contributed by atoms with Crippen LogP contribution in [0.15, 0.2) is 91.1 Å². The number of aryl methyl sites for hydroxylation is 3.